The molecule has 0 aliphatic carbocycles. The molecule has 2 aromatic rings. The van der Waals surface area contributed by atoms with E-state index in [9.17, 15) is 5.11 Å². The van der Waals surface area contributed by atoms with E-state index in [1.54, 1.807) is 11.8 Å². The van der Waals surface area contributed by atoms with Gasteiger partial charge < -0.3 is 10.2 Å². The van der Waals surface area contributed by atoms with Crippen LogP contribution in [-0.2, 0) is 5.75 Å². The molecule has 0 fully saturated rings. The molecule has 0 spiro atoms. The zero-order valence-electron chi connectivity index (χ0n) is 15.1. The van der Waals surface area contributed by atoms with Crippen molar-refractivity contribution in [2.45, 2.75) is 36.4 Å². The maximum atomic E-state index is 10.6. The molecule has 0 heterocycles. The minimum atomic E-state index is -0.406. The first kappa shape index (κ1) is 20.5. The van der Waals surface area contributed by atoms with Crippen molar-refractivity contribution in [1.82, 2.24) is 0 Å². The Kier molecular flexibility index (Phi) is 9.88. The Hall–Kier alpha value is -1.81. The lowest BCUT2D eigenvalue weighted by molar-refractivity contribution is 0.164. The highest BCUT2D eigenvalue weighted by molar-refractivity contribution is 7.99. The number of thioether (sulfide) groups is 1. The van der Waals surface area contributed by atoms with Crippen molar-refractivity contribution in [3.63, 3.8) is 0 Å². The summed E-state index contributed by atoms with van der Waals surface area (Å²) in [6.07, 6.45) is 10.1. The number of aliphatic hydroxyl groups excluding tert-OH is 2. The van der Waals surface area contributed by atoms with Gasteiger partial charge in [0.1, 0.15) is 0 Å². The van der Waals surface area contributed by atoms with Gasteiger partial charge >= 0.3 is 0 Å². The average molecular weight is 369 g/mol. The highest BCUT2D eigenvalue weighted by atomic mass is 32.2. The van der Waals surface area contributed by atoms with Crippen LogP contribution in [0, 0.1) is 0 Å². The number of hydrogen-bond donors (Lipinski definition) is 2. The molecule has 0 radical (unpaired) electrons. The van der Waals surface area contributed by atoms with E-state index in [-0.39, 0.29) is 11.9 Å². The zero-order chi connectivity index (χ0) is 18.5. The predicted octanol–water partition coefficient (Wildman–Crippen LogP) is 5.08. The van der Waals surface area contributed by atoms with Crippen LogP contribution >= 0.6 is 11.8 Å². The lowest BCUT2D eigenvalue weighted by Gasteiger charge is -2.19. The molecule has 0 amide bonds. The maximum absolute atomic E-state index is 10.6. The molecule has 2 aromatic carbocycles. The van der Waals surface area contributed by atoms with Crippen LogP contribution in [0.15, 0.2) is 78.9 Å². The molecule has 0 bridgehead atoms. The maximum Gasteiger partial charge on any atom is 0.0694 e. The SMILES string of the molecule is OCCCC[C@H](O)[C@@H](C=CC=Cc1ccccc1)SCc1ccccc1. The summed E-state index contributed by atoms with van der Waals surface area (Å²) in [6, 6.07) is 20.5. The Morgan fingerprint density at radius 2 is 1.58 bits per heavy atom. The van der Waals surface area contributed by atoms with Crippen LogP contribution < -0.4 is 0 Å². The van der Waals surface area contributed by atoms with Gasteiger partial charge in [-0.25, -0.2) is 0 Å². The summed E-state index contributed by atoms with van der Waals surface area (Å²) in [7, 11) is 0. The van der Waals surface area contributed by atoms with Gasteiger partial charge in [-0.3, -0.25) is 0 Å². The molecule has 3 heteroatoms. The fourth-order valence-corrected chi connectivity index (χ4v) is 3.73. The molecule has 2 N–H and O–H groups in total. The molecule has 138 valence electrons. The minimum absolute atomic E-state index is 0.0364. The smallest absolute Gasteiger partial charge is 0.0694 e. The topological polar surface area (TPSA) is 40.5 Å². The number of aliphatic hydroxyl groups is 2. The summed E-state index contributed by atoms with van der Waals surface area (Å²) < 4.78 is 0. The van der Waals surface area contributed by atoms with E-state index < -0.39 is 6.10 Å². The molecular formula is C23H28O2S. The van der Waals surface area contributed by atoms with E-state index >= 15 is 0 Å². The molecule has 2 rings (SSSR count). The second-order valence-electron chi connectivity index (χ2n) is 6.20. The number of hydrogen-bond acceptors (Lipinski definition) is 3. The molecule has 2 atom stereocenters. The Balaban J connectivity index is 1.94. The zero-order valence-corrected chi connectivity index (χ0v) is 15.9. The second kappa shape index (κ2) is 12.5. The monoisotopic (exact) mass is 368 g/mol. The van der Waals surface area contributed by atoms with Gasteiger partial charge in [0.15, 0.2) is 0 Å². The molecule has 0 aromatic heterocycles. The van der Waals surface area contributed by atoms with Crippen molar-refractivity contribution in [2.75, 3.05) is 6.61 Å². The van der Waals surface area contributed by atoms with Crippen LogP contribution in [-0.4, -0.2) is 28.2 Å². The number of allylic oxidation sites excluding steroid dienone is 2. The van der Waals surface area contributed by atoms with Crippen molar-refractivity contribution in [2.24, 2.45) is 0 Å². The van der Waals surface area contributed by atoms with Crippen molar-refractivity contribution in [1.29, 1.82) is 0 Å². The standard InChI is InChI=1S/C23H28O2S/c24-18-10-9-16-22(25)23(26-19-21-14-5-2-6-15-21)17-8-7-13-20-11-3-1-4-12-20/h1-8,11-15,17,22-25H,9-10,16,18-19H2/t22-,23+/m0/s1. The van der Waals surface area contributed by atoms with Crippen molar-refractivity contribution >= 4 is 17.8 Å². The third kappa shape index (κ3) is 8.05. The van der Waals surface area contributed by atoms with Crippen LogP contribution in [0.3, 0.4) is 0 Å². The first-order chi connectivity index (χ1) is 12.8. The minimum Gasteiger partial charge on any atom is -0.396 e. The lowest BCUT2D eigenvalue weighted by atomic mass is 10.1. The van der Waals surface area contributed by atoms with Gasteiger partial charge in [-0.15, -0.1) is 11.8 Å². The number of rotatable bonds is 11. The fraction of sp³-hybridized carbons (Fsp3) is 0.304. The highest BCUT2D eigenvalue weighted by Crippen LogP contribution is 2.24. The van der Waals surface area contributed by atoms with E-state index in [0.29, 0.717) is 6.42 Å². The highest BCUT2D eigenvalue weighted by Gasteiger charge is 2.16. The van der Waals surface area contributed by atoms with Gasteiger partial charge in [-0.1, -0.05) is 85.0 Å². The van der Waals surface area contributed by atoms with Crippen LogP contribution in [0.4, 0.5) is 0 Å². The normalized spacial score (nSPS) is 14.1. The summed E-state index contributed by atoms with van der Waals surface area (Å²) >= 11 is 1.75. The first-order valence-corrected chi connectivity index (χ1v) is 10.2. The molecule has 26 heavy (non-hydrogen) atoms. The van der Waals surface area contributed by atoms with Crippen LogP contribution in [0.2, 0.25) is 0 Å². The van der Waals surface area contributed by atoms with Crippen molar-refractivity contribution < 1.29 is 10.2 Å². The number of benzene rings is 2. The Bertz CT molecular complexity index is 652. The fourth-order valence-electron chi connectivity index (χ4n) is 2.60. The van der Waals surface area contributed by atoms with Gasteiger partial charge in [0.05, 0.1) is 6.10 Å². The van der Waals surface area contributed by atoms with Gasteiger partial charge in [0.25, 0.3) is 0 Å². The molecule has 0 aliphatic rings. The van der Waals surface area contributed by atoms with E-state index in [4.69, 9.17) is 5.11 Å². The molecule has 0 saturated carbocycles. The van der Waals surface area contributed by atoms with Crippen molar-refractivity contribution in [3.8, 4) is 0 Å². The lowest BCUT2D eigenvalue weighted by Crippen LogP contribution is -2.21. The quantitative estimate of drug-likeness (QED) is 0.429. The molecule has 0 saturated heterocycles. The molecular weight excluding hydrogens is 340 g/mol. The molecule has 2 nitrogen and oxygen atoms in total. The van der Waals surface area contributed by atoms with E-state index in [0.717, 1.165) is 24.2 Å². The Morgan fingerprint density at radius 1 is 0.885 bits per heavy atom. The van der Waals surface area contributed by atoms with Gasteiger partial charge in [-0.05, 0) is 30.4 Å². The first-order valence-electron chi connectivity index (χ1n) is 9.14. The molecule has 0 unspecified atom stereocenters. The summed E-state index contributed by atoms with van der Waals surface area (Å²) in [4.78, 5) is 0. The summed E-state index contributed by atoms with van der Waals surface area (Å²) in [5.41, 5.74) is 2.42. The summed E-state index contributed by atoms with van der Waals surface area (Å²) in [6.45, 7) is 0.185. The number of unbranched alkanes of at least 4 members (excludes halogenated alkanes) is 1. The molecule has 0 aliphatic heterocycles. The van der Waals surface area contributed by atoms with Gasteiger partial charge in [0.2, 0.25) is 0 Å². The Morgan fingerprint density at radius 3 is 2.27 bits per heavy atom. The van der Waals surface area contributed by atoms with E-state index in [1.807, 2.05) is 48.6 Å². The van der Waals surface area contributed by atoms with Crippen LogP contribution in [0.1, 0.15) is 30.4 Å². The summed E-state index contributed by atoms with van der Waals surface area (Å²) in [5.74, 6) is 0.870. The third-order valence-electron chi connectivity index (χ3n) is 4.07. The predicted molar refractivity (Wildman–Crippen MR) is 113 cm³/mol. The largest absolute Gasteiger partial charge is 0.396 e. The third-order valence-corrected chi connectivity index (χ3v) is 5.43. The second-order valence-corrected chi connectivity index (χ2v) is 7.37. The van der Waals surface area contributed by atoms with Crippen molar-refractivity contribution in [3.05, 3.63) is 90.0 Å². The van der Waals surface area contributed by atoms with Crippen LogP contribution in [0.5, 0.6) is 0 Å². The van der Waals surface area contributed by atoms with Gasteiger partial charge in [0, 0.05) is 17.6 Å². The van der Waals surface area contributed by atoms with E-state index in [1.165, 1.54) is 5.56 Å². The summed E-state index contributed by atoms with van der Waals surface area (Å²) in [5, 5.41) is 19.5. The Labute approximate surface area is 161 Å². The van der Waals surface area contributed by atoms with Gasteiger partial charge in [-0.2, -0.15) is 0 Å². The van der Waals surface area contributed by atoms with Crippen LogP contribution in [0.25, 0.3) is 6.08 Å². The average Bonchev–Trinajstić information content (AvgIpc) is 2.69. The van der Waals surface area contributed by atoms with E-state index in [2.05, 4.69) is 36.4 Å².